The number of nitrogens with one attached hydrogen (secondary N) is 3. The summed E-state index contributed by atoms with van der Waals surface area (Å²) in [5, 5.41) is 20.4. The minimum absolute atomic E-state index is 0.0399. The van der Waals surface area contributed by atoms with E-state index >= 15 is 0 Å². The number of amides is 3. The van der Waals surface area contributed by atoms with Crippen LogP contribution in [-0.4, -0.2) is 41.0 Å². The Bertz CT molecular complexity index is 1910. The molecule has 0 atom stereocenters. The van der Waals surface area contributed by atoms with E-state index in [9.17, 15) is 29.3 Å². The van der Waals surface area contributed by atoms with Crippen molar-refractivity contribution in [3.63, 3.8) is 0 Å². The zero-order valence-corrected chi connectivity index (χ0v) is 28.3. The van der Waals surface area contributed by atoms with Gasteiger partial charge in [0.05, 0.1) is 28.4 Å². The molecule has 0 unspecified atom stereocenters. The zero-order valence-electron chi connectivity index (χ0n) is 26.7. The molecule has 4 aromatic rings. The maximum absolute atomic E-state index is 13.5. The van der Waals surface area contributed by atoms with Crippen LogP contribution < -0.4 is 16.0 Å². The zero-order chi connectivity index (χ0) is 34.8. The highest BCUT2D eigenvalue weighted by atomic mass is 32.2. The van der Waals surface area contributed by atoms with Gasteiger partial charge in [-0.3, -0.25) is 24.5 Å². The first-order valence-electron chi connectivity index (χ1n) is 15.7. The molecule has 0 aliphatic heterocycles. The number of thioether (sulfide) groups is 1. The van der Waals surface area contributed by atoms with Crippen molar-refractivity contribution in [1.82, 2.24) is 5.32 Å². The van der Waals surface area contributed by atoms with Gasteiger partial charge >= 0.3 is 5.97 Å². The summed E-state index contributed by atoms with van der Waals surface area (Å²) in [6, 6.07) is 21.0. The molecule has 1 aliphatic carbocycles. The molecular weight excluding hydrogens is 665 g/mol. The number of hydrogen-bond acceptors (Lipinski definition) is 9. The topological polar surface area (TPSA) is 157 Å². The van der Waals surface area contributed by atoms with Crippen LogP contribution in [0.3, 0.4) is 0 Å². The van der Waals surface area contributed by atoms with Crippen molar-refractivity contribution in [2.75, 3.05) is 23.0 Å². The number of carbonyl (C=O) groups is 4. The van der Waals surface area contributed by atoms with Crippen molar-refractivity contribution in [3.05, 3.63) is 122 Å². The van der Waals surface area contributed by atoms with E-state index in [1.807, 2.05) is 0 Å². The first-order valence-corrected chi connectivity index (χ1v) is 17.5. The first-order chi connectivity index (χ1) is 23.7. The number of anilines is 2. The van der Waals surface area contributed by atoms with Gasteiger partial charge in [0.2, 0.25) is 5.91 Å². The summed E-state index contributed by atoms with van der Waals surface area (Å²) >= 11 is 2.68. The fourth-order valence-corrected chi connectivity index (χ4v) is 7.35. The average Bonchev–Trinajstić information content (AvgIpc) is 3.27. The number of rotatable bonds is 12. The van der Waals surface area contributed by atoms with E-state index in [0.717, 1.165) is 42.5 Å². The first kappa shape index (κ1) is 35.0. The number of aryl methyl sites for hydroxylation is 1. The Balaban J connectivity index is 1.29. The summed E-state index contributed by atoms with van der Waals surface area (Å²) in [6.07, 6.45) is 6.01. The lowest BCUT2D eigenvalue weighted by molar-refractivity contribution is -0.385. The summed E-state index contributed by atoms with van der Waals surface area (Å²) in [6.45, 7) is 1.99. The molecule has 0 saturated carbocycles. The normalized spacial score (nSPS) is 12.6. The Morgan fingerprint density at radius 1 is 0.939 bits per heavy atom. The largest absolute Gasteiger partial charge is 0.462 e. The van der Waals surface area contributed by atoms with Crippen LogP contribution in [0, 0.1) is 10.1 Å². The van der Waals surface area contributed by atoms with Crippen LogP contribution in [0.2, 0.25) is 0 Å². The molecule has 0 fully saturated rings. The molecule has 252 valence electrons. The predicted octanol–water partition coefficient (Wildman–Crippen LogP) is 7.24. The number of carbonyl (C=O) groups excluding carboxylic acids is 4. The van der Waals surface area contributed by atoms with E-state index in [2.05, 4.69) is 16.0 Å². The van der Waals surface area contributed by atoms with Crippen LogP contribution in [0.15, 0.2) is 89.5 Å². The van der Waals surface area contributed by atoms with Crippen molar-refractivity contribution in [2.24, 2.45) is 0 Å². The minimum Gasteiger partial charge on any atom is -0.462 e. The van der Waals surface area contributed by atoms with Crippen molar-refractivity contribution >= 4 is 69.2 Å². The van der Waals surface area contributed by atoms with Gasteiger partial charge in [-0.1, -0.05) is 42.8 Å². The fraction of sp³-hybridized carbons (Fsp3) is 0.222. The van der Waals surface area contributed by atoms with Gasteiger partial charge in [0.25, 0.3) is 17.5 Å². The number of ether oxygens (including phenoxy) is 1. The van der Waals surface area contributed by atoms with E-state index in [1.165, 1.54) is 47.4 Å². The highest BCUT2D eigenvalue weighted by Crippen LogP contribution is 2.38. The van der Waals surface area contributed by atoms with Crippen LogP contribution in [0.1, 0.15) is 62.9 Å². The third-order valence-corrected chi connectivity index (χ3v) is 9.78. The third kappa shape index (κ3) is 9.21. The van der Waals surface area contributed by atoms with Gasteiger partial charge in [-0.2, -0.15) is 0 Å². The van der Waals surface area contributed by atoms with Crippen molar-refractivity contribution in [3.8, 4) is 0 Å². The molecule has 3 amide bonds. The lowest BCUT2D eigenvalue weighted by Gasteiger charge is -2.12. The van der Waals surface area contributed by atoms with Crippen LogP contribution >= 0.6 is 23.1 Å². The highest BCUT2D eigenvalue weighted by Gasteiger charge is 2.27. The molecule has 0 spiro atoms. The number of esters is 1. The Kier molecular flexibility index (Phi) is 12.0. The lowest BCUT2D eigenvalue weighted by Crippen LogP contribution is -2.30. The summed E-state index contributed by atoms with van der Waals surface area (Å²) in [7, 11) is 0. The maximum Gasteiger partial charge on any atom is 0.341 e. The van der Waals surface area contributed by atoms with E-state index in [-0.39, 0.29) is 35.2 Å². The van der Waals surface area contributed by atoms with Crippen LogP contribution in [0.4, 0.5) is 16.4 Å². The summed E-state index contributed by atoms with van der Waals surface area (Å²) in [4.78, 5) is 65.3. The predicted molar refractivity (Wildman–Crippen MR) is 191 cm³/mol. The number of nitro benzene ring substituents is 1. The summed E-state index contributed by atoms with van der Waals surface area (Å²) in [5.41, 5.74) is 1.81. The quantitative estimate of drug-likeness (QED) is 0.0349. The van der Waals surface area contributed by atoms with Crippen LogP contribution in [0.5, 0.6) is 0 Å². The Hall–Kier alpha value is -5.27. The van der Waals surface area contributed by atoms with E-state index < -0.39 is 22.7 Å². The van der Waals surface area contributed by atoms with Crippen LogP contribution in [-0.2, 0) is 27.2 Å². The Morgan fingerprint density at radius 3 is 2.47 bits per heavy atom. The van der Waals surface area contributed by atoms with E-state index in [0.29, 0.717) is 26.7 Å². The third-order valence-electron chi connectivity index (χ3n) is 7.58. The number of benzene rings is 3. The number of fused-ring (bicyclic) bond motifs is 1. The molecule has 1 aliphatic rings. The molecule has 0 saturated heterocycles. The second-order valence-corrected chi connectivity index (χ2v) is 13.2. The second-order valence-electron chi connectivity index (χ2n) is 11.0. The van der Waals surface area contributed by atoms with Gasteiger partial charge in [-0.15, -0.1) is 23.1 Å². The van der Waals surface area contributed by atoms with Gasteiger partial charge < -0.3 is 20.7 Å². The highest BCUT2D eigenvalue weighted by molar-refractivity contribution is 8.00. The number of para-hydroxylation sites is 1. The SMILES string of the molecule is CCOC(=O)c1c(NC(=O)CSc2cccc(NC(=O)/C(=C\c3ccccc3[N+](=O)[O-])NC(=O)c3ccccc3)c2)sc2c1CCCCC2. The van der Waals surface area contributed by atoms with Crippen molar-refractivity contribution in [2.45, 2.75) is 43.9 Å². The van der Waals surface area contributed by atoms with E-state index in [1.54, 1.807) is 67.6 Å². The average molecular weight is 699 g/mol. The molecule has 49 heavy (non-hydrogen) atoms. The van der Waals surface area contributed by atoms with Crippen LogP contribution in [0.25, 0.3) is 6.08 Å². The maximum atomic E-state index is 13.5. The van der Waals surface area contributed by atoms with Gasteiger partial charge in [-0.25, -0.2) is 4.79 Å². The molecule has 13 heteroatoms. The monoisotopic (exact) mass is 698 g/mol. The van der Waals surface area contributed by atoms with Crippen molar-refractivity contribution in [1.29, 1.82) is 0 Å². The lowest BCUT2D eigenvalue weighted by atomic mass is 10.1. The fourth-order valence-electron chi connectivity index (χ4n) is 5.30. The number of hydrogen-bond donors (Lipinski definition) is 3. The van der Waals surface area contributed by atoms with Gasteiger partial charge in [-0.05, 0) is 80.6 Å². The van der Waals surface area contributed by atoms with Gasteiger partial charge in [0, 0.05) is 27.1 Å². The van der Waals surface area contributed by atoms with Gasteiger partial charge in [0.1, 0.15) is 10.7 Å². The molecule has 0 radical (unpaired) electrons. The summed E-state index contributed by atoms with van der Waals surface area (Å²) in [5.74, 6) is -1.95. The minimum atomic E-state index is -0.703. The molecule has 0 bridgehead atoms. The van der Waals surface area contributed by atoms with E-state index in [4.69, 9.17) is 4.74 Å². The molecular formula is C36H34N4O7S2. The Morgan fingerprint density at radius 2 is 1.69 bits per heavy atom. The number of nitro groups is 1. The molecule has 5 rings (SSSR count). The smallest absolute Gasteiger partial charge is 0.341 e. The number of thiophene rings is 1. The molecule has 3 aromatic carbocycles. The molecule has 11 nitrogen and oxygen atoms in total. The summed E-state index contributed by atoms with van der Waals surface area (Å²) < 4.78 is 5.32. The van der Waals surface area contributed by atoms with Gasteiger partial charge in [0.15, 0.2) is 0 Å². The number of nitrogens with zero attached hydrogens (tertiary/aromatic N) is 1. The molecule has 3 N–H and O–H groups in total. The standard InChI is InChI=1S/C36H34N4O7S2/c1-2-47-36(44)32-27-17-7-4-8-19-30(27)49-35(32)39-31(41)22-48-26-16-11-15-25(21-26)37-34(43)28(38-33(42)23-12-5-3-6-13-23)20-24-14-9-10-18-29(24)40(45)46/h3,5-6,9-16,18,20-21H,2,4,7-8,17,19,22H2,1H3,(H,37,43)(H,38,42)(H,39,41)/b28-20+. The Labute approximate surface area is 291 Å². The second kappa shape index (κ2) is 16.7. The molecule has 1 heterocycles. The van der Waals surface area contributed by atoms with Crippen molar-refractivity contribution < 1.29 is 28.8 Å². The molecule has 1 aromatic heterocycles.